The van der Waals surface area contributed by atoms with Crippen molar-refractivity contribution in [3.8, 4) is 0 Å². The van der Waals surface area contributed by atoms with Crippen molar-refractivity contribution in [1.29, 1.82) is 0 Å². The second-order valence-corrected chi connectivity index (χ2v) is 7.08. The molecule has 7 nitrogen and oxygen atoms in total. The van der Waals surface area contributed by atoms with Crippen molar-refractivity contribution in [2.75, 3.05) is 13.1 Å². The SMILES string of the molecule is CC(C)(C)OC(=O)N/C=C1\CN(C(=O)OC(C)(C)C)CC1=O. The van der Waals surface area contributed by atoms with E-state index in [0.717, 1.165) is 0 Å². The molecule has 0 radical (unpaired) electrons. The predicted molar refractivity (Wildman–Crippen MR) is 80.3 cm³/mol. The van der Waals surface area contributed by atoms with Gasteiger partial charge in [0.15, 0.2) is 5.78 Å². The van der Waals surface area contributed by atoms with Gasteiger partial charge < -0.3 is 9.47 Å². The molecule has 0 aromatic rings. The number of nitrogens with zero attached hydrogens (tertiary/aromatic N) is 1. The van der Waals surface area contributed by atoms with Crippen LogP contribution in [0.2, 0.25) is 0 Å². The third-order valence-electron chi connectivity index (χ3n) is 2.47. The monoisotopic (exact) mass is 312 g/mol. The molecule has 22 heavy (non-hydrogen) atoms. The van der Waals surface area contributed by atoms with Gasteiger partial charge in [-0.25, -0.2) is 9.59 Å². The maximum absolute atomic E-state index is 11.9. The third kappa shape index (κ3) is 6.15. The Bertz CT molecular complexity index is 497. The van der Waals surface area contributed by atoms with Gasteiger partial charge >= 0.3 is 12.2 Å². The van der Waals surface area contributed by atoms with E-state index in [1.807, 2.05) is 0 Å². The van der Waals surface area contributed by atoms with Crippen molar-refractivity contribution in [1.82, 2.24) is 10.2 Å². The molecule has 1 aliphatic heterocycles. The number of ketones is 1. The van der Waals surface area contributed by atoms with E-state index in [1.165, 1.54) is 11.1 Å². The molecule has 1 heterocycles. The first-order chi connectivity index (χ1) is 9.87. The average molecular weight is 312 g/mol. The number of amides is 2. The Balaban J connectivity index is 2.60. The Morgan fingerprint density at radius 3 is 2.09 bits per heavy atom. The van der Waals surface area contributed by atoms with Gasteiger partial charge in [-0.05, 0) is 41.5 Å². The molecule has 0 aliphatic carbocycles. The lowest BCUT2D eigenvalue weighted by atomic mass is 10.2. The minimum absolute atomic E-state index is 0.0588. The number of carbonyl (C=O) groups is 3. The highest BCUT2D eigenvalue weighted by atomic mass is 16.6. The summed E-state index contributed by atoms with van der Waals surface area (Å²) in [5, 5.41) is 2.40. The largest absolute Gasteiger partial charge is 0.444 e. The van der Waals surface area contributed by atoms with Crippen LogP contribution >= 0.6 is 0 Å². The Kier molecular flexibility index (Phi) is 5.22. The molecule has 0 bridgehead atoms. The summed E-state index contributed by atoms with van der Waals surface area (Å²) in [5.41, 5.74) is -0.914. The molecule has 0 aromatic carbocycles. The maximum Gasteiger partial charge on any atom is 0.411 e. The first-order valence-electron chi connectivity index (χ1n) is 7.07. The van der Waals surface area contributed by atoms with E-state index in [1.54, 1.807) is 41.5 Å². The maximum atomic E-state index is 11.9. The summed E-state index contributed by atoms with van der Waals surface area (Å²) in [6.07, 6.45) is 0.0749. The van der Waals surface area contributed by atoms with Gasteiger partial charge in [-0.15, -0.1) is 0 Å². The summed E-state index contributed by atoms with van der Waals surface area (Å²) in [7, 11) is 0. The lowest BCUT2D eigenvalue weighted by Crippen LogP contribution is -2.35. The molecule has 1 aliphatic rings. The highest BCUT2D eigenvalue weighted by Crippen LogP contribution is 2.16. The van der Waals surface area contributed by atoms with Crippen LogP contribution in [-0.4, -0.2) is 47.2 Å². The van der Waals surface area contributed by atoms with Crippen molar-refractivity contribution >= 4 is 18.0 Å². The highest BCUT2D eigenvalue weighted by molar-refractivity contribution is 6.02. The minimum atomic E-state index is -0.650. The zero-order valence-electron chi connectivity index (χ0n) is 14.0. The van der Waals surface area contributed by atoms with Gasteiger partial charge in [0, 0.05) is 11.8 Å². The molecule has 0 spiro atoms. The molecule has 124 valence electrons. The Labute approximate surface area is 130 Å². The molecular formula is C15H24N2O5. The number of likely N-dealkylation sites (tertiary alicyclic amines) is 1. The number of nitrogens with one attached hydrogen (secondary N) is 1. The van der Waals surface area contributed by atoms with Gasteiger partial charge in [-0.2, -0.15) is 0 Å². The first kappa shape index (κ1) is 18.0. The molecule has 2 amide bonds. The van der Waals surface area contributed by atoms with Crippen LogP contribution in [0.4, 0.5) is 9.59 Å². The van der Waals surface area contributed by atoms with Gasteiger partial charge in [0.2, 0.25) is 0 Å². The summed E-state index contributed by atoms with van der Waals surface area (Å²) >= 11 is 0. The van der Waals surface area contributed by atoms with Crippen molar-refractivity contribution in [2.45, 2.75) is 52.7 Å². The van der Waals surface area contributed by atoms with Crippen LogP contribution in [0.5, 0.6) is 0 Å². The van der Waals surface area contributed by atoms with Crippen LogP contribution in [-0.2, 0) is 14.3 Å². The van der Waals surface area contributed by atoms with Crippen molar-refractivity contribution in [3.05, 3.63) is 11.8 Å². The topological polar surface area (TPSA) is 84.9 Å². The van der Waals surface area contributed by atoms with E-state index in [9.17, 15) is 14.4 Å². The number of ether oxygens (including phenoxy) is 2. The molecule has 1 saturated heterocycles. The van der Waals surface area contributed by atoms with Gasteiger partial charge in [-0.3, -0.25) is 15.0 Å². The van der Waals surface area contributed by atoms with Crippen molar-refractivity contribution in [2.24, 2.45) is 0 Å². The molecule has 0 unspecified atom stereocenters. The fourth-order valence-electron chi connectivity index (χ4n) is 1.66. The van der Waals surface area contributed by atoms with E-state index in [0.29, 0.717) is 5.57 Å². The standard InChI is InChI=1S/C15H24N2O5/c1-14(2,3)21-12(19)16-7-10-8-17(9-11(10)18)13(20)22-15(4,5)6/h7H,8-9H2,1-6H3,(H,16,19)/b10-7+. The smallest absolute Gasteiger partial charge is 0.411 e. The second kappa shape index (κ2) is 6.37. The molecule has 7 heteroatoms. The lowest BCUT2D eigenvalue weighted by molar-refractivity contribution is -0.114. The van der Waals surface area contributed by atoms with Gasteiger partial charge in [0.25, 0.3) is 0 Å². The number of rotatable bonds is 1. The Morgan fingerprint density at radius 1 is 1.05 bits per heavy atom. The van der Waals surface area contributed by atoms with E-state index in [4.69, 9.17) is 9.47 Å². The molecule has 1 N–H and O–H groups in total. The fraction of sp³-hybridized carbons (Fsp3) is 0.667. The molecule has 1 fully saturated rings. The van der Waals surface area contributed by atoms with E-state index in [2.05, 4.69) is 5.32 Å². The number of Topliss-reactive ketones (excluding diaryl/α,β-unsaturated/α-hetero) is 1. The third-order valence-corrected chi connectivity index (χ3v) is 2.47. The van der Waals surface area contributed by atoms with Crippen molar-refractivity contribution < 1.29 is 23.9 Å². The summed E-state index contributed by atoms with van der Waals surface area (Å²) in [4.78, 5) is 36.6. The number of hydrogen-bond acceptors (Lipinski definition) is 5. The lowest BCUT2D eigenvalue weighted by Gasteiger charge is -2.23. The second-order valence-electron chi connectivity index (χ2n) is 7.08. The zero-order valence-corrected chi connectivity index (χ0v) is 14.0. The number of carbonyl (C=O) groups excluding carboxylic acids is 3. The first-order valence-corrected chi connectivity index (χ1v) is 7.07. The number of hydrogen-bond donors (Lipinski definition) is 1. The van der Waals surface area contributed by atoms with E-state index >= 15 is 0 Å². The molecule has 0 aromatic heterocycles. The van der Waals surface area contributed by atoms with Crippen molar-refractivity contribution in [3.63, 3.8) is 0 Å². The van der Waals surface area contributed by atoms with Crippen LogP contribution in [0, 0.1) is 0 Å². The minimum Gasteiger partial charge on any atom is -0.444 e. The molecule has 1 rings (SSSR count). The van der Waals surface area contributed by atoms with E-state index in [-0.39, 0.29) is 18.9 Å². The average Bonchev–Trinajstić information content (AvgIpc) is 2.63. The highest BCUT2D eigenvalue weighted by Gasteiger charge is 2.32. The zero-order chi connectivity index (χ0) is 17.1. The predicted octanol–water partition coefficient (Wildman–Crippen LogP) is 2.21. The Hall–Kier alpha value is -2.05. The fourth-order valence-corrected chi connectivity index (χ4v) is 1.66. The molecule has 0 saturated carbocycles. The van der Waals surface area contributed by atoms with E-state index < -0.39 is 23.4 Å². The van der Waals surface area contributed by atoms with Gasteiger partial charge in [-0.1, -0.05) is 0 Å². The summed E-state index contributed by atoms with van der Waals surface area (Å²) in [6.45, 7) is 10.5. The van der Waals surface area contributed by atoms with Crippen LogP contribution < -0.4 is 5.32 Å². The normalized spacial score (nSPS) is 17.6. The van der Waals surface area contributed by atoms with Crippen LogP contribution in [0.25, 0.3) is 0 Å². The van der Waals surface area contributed by atoms with Crippen LogP contribution in [0.1, 0.15) is 41.5 Å². The van der Waals surface area contributed by atoms with Crippen LogP contribution in [0.15, 0.2) is 11.8 Å². The Morgan fingerprint density at radius 2 is 1.59 bits per heavy atom. The van der Waals surface area contributed by atoms with Crippen LogP contribution in [0.3, 0.4) is 0 Å². The molecule has 0 atom stereocenters. The summed E-state index contributed by atoms with van der Waals surface area (Å²) in [5.74, 6) is -0.234. The number of alkyl carbamates (subject to hydrolysis) is 1. The summed E-state index contributed by atoms with van der Waals surface area (Å²) in [6, 6.07) is 0. The summed E-state index contributed by atoms with van der Waals surface area (Å²) < 4.78 is 10.3. The molecular weight excluding hydrogens is 288 g/mol. The quantitative estimate of drug-likeness (QED) is 0.750. The van der Waals surface area contributed by atoms with Gasteiger partial charge in [0.1, 0.15) is 11.2 Å². The van der Waals surface area contributed by atoms with Gasteiger partial charge in [0.05, 0.1) is 13.1 Å².